The van der Waals surface area contributed by atoms with Crippen LogP contribution < -0.4 is 0 Å². The van der Waals surface area contributed by atoms with Gasteiger partial charge in [0.2, 0.25) is 0 Å². The van der Waals surface area contributed by atoms with E-state index < -0.39 is 5.60 Å². The fourth-order valence-electron chi connectivity index (χ4n) is 1.77. The first-order valence-electron chi connectivity index (χ1n) is 5.59. The normalized spacial score (nSPS) is 14.5. The number of aliphatic hydroxyl groups is 1. The molecule has 1 atom stereocenters. The summed E-state index contributed by atoms with van der Waals surface area (Å²) in [5.74, 6) is 0. The predicted octanol–water partition coefficient (Wildman–Crippen LogP) is 4.35. The molecule has 2 rings (SSSR count). The average Bonchev–Trinajstić information content (AvgIpc) is 2.80. The Balaban J connectivity index is 2.05. The molecule has 1 aromatic heterocycles. The van der Waals surface area contributed by atoms with Crippen LogP contribution >= 0.6 is 27.3 Å². The van der Waals surface area contributed by atoms with E-state index in [2.05, 4.69) is 27.4 Å². The van der Waals surface area contributed by atoms with Crippen LogP contribution in [0.25, 0.3) is 0 Å². The second-order valence-electron chi connectivity index (χ2n) is 4.36. The molecule has 0 saturated carbocycles. The molecule has 0 aliphatic carbocycles. The smallest absolute Gasteiger partial charge is 0.0872 e. The summed E-state index contributed by atoms with van der Waals surface area (Å²) < 4.78 is 1.04. The molecule has 2 aromatic rings. The average molecular weight is 311 g/mol. The maximum Gasteiger partial charge on any atom is 0.0872 e. The Kier molecular flexibility index (Phi) is 4.02. The van der Waals surface area contributed by atoms with Gasteiger partial charge in [-0.15, -0.1) is 11.3 Å². The molecule has 0 aliphatic heterocycles. The van der Waals surface area contributed by atoms with Crippen molar-refractivity contribution in [1.82, 2.24) is 0 Å². The first-order valence-corrected chi connectivity index (χ1v) is 7.26. The molecule has 1 aromatic carbocycles. The van der Waals surface area contributed by atoms with Crippen molar-refractivity contribution in [3.05, 3.63) is 56.7 Å². The van der Waals surface area contributed by atoms with Crippen molar-refractivity contribution in [1.29, 1.82) is 0 Å². The highest BCUT2D eigenvalue weighted by Crippen LogP contribution is 2.28. The summed E-state index contributed by atoms with van der Waals surface area (Å²) in [6.07, 6.45) is 1.66. The SMILES string of the molecule is CC(O)(CCc1cccs1)c1ccc(Br)cc1. The van der Waals surface area contributed by atoms with Crippen molar-refractivity contribution in [2.24, 2.45) is 0 Å². The predicted molar refractivity (Wildman–Crippen MR) is 76.4 cm³/mol. The van der Waals surface area contributed by atoms with Crippen LogP contribution in [0.1, 0.15) is 23.8 Å². The van der Waals surface area contributed by atoms with E-state index >= 15 is 0 Å². The van der Waals surface area contributed by atoms with E-state index in [1.54, 1.807) is 11.3 Å². The van der Waals surface area contributed by atoms with Crippen molar-refractivity contribution in [2.45, 2.75) is 25.4 Å². The zero-order valence-corrected chi connectivity index (χ0v) is 12.1. The number of aryl methyl sites for hydroxylation is 1. The van der Waals surface area contributed by atoms with Crippen molar-refractivity contribution in [3.8, 4) is 0 Å². The van der Waals surface area contributed by atoms with Gasteiger partial charge in [-0.25, -0.2) is 0 Å². The molecule has 1 N–H and O–H groups in total. The molecule has 0 spiro atoms. The minimum atomic E-state index is -0.759. The maximum absolute atomic E-state index is 10.5. The number of rotatable bonds is 4. The molecule has 1 nitrogen and oxygen atoms in total. The minimum absolute atomic E-state index is 0.745. The van der Waals surface area contributed by atoms with Gasteiger partial charge in [-0.05, 0) is 48.9 Å². The van der Waals surface area contributed by atoms with Gasteiger partial charge in [0.25, 0.3) is 0 Å². The fraction of sp³-hybridized carbons (Fsp3) is 0.286. The van der Waals surface area contributed by atoms with Crippen LogP contribution in [0.2, 0.25) is 0 Å². The van der Waals surface area contributed by atoms with Crippen LogP contribution in [-0.2, 0) is 12.0 Å². The third-order valence-corrected chi connectivity index (χ3v) is 4.37. The molecule has 17 heavy (non-hydrogen) atoms. The van der Waals surface area contributed by atoms with Gasteiger partial charge in [0.15, 0.2) is 0 Å². The maximum atomic E-state index is 10.5. The van der Waals surface area contributed by atoms with Gasteiger partial charge in [-0.3, -0.25) is 0 Å². The van der Waals surface area contributed by atoms with E-state index in [1.807, 2.05) is 37.3 Å². The standard InChI is InChI=1S/C14H15BrOS/c1-14(16,9-8-13-3-2-10-17-13)11-4-6-12(15)7-5-11/h2-7,10,16H,8-9H2,1H3. The van der Waals surface area contributed by atoms with Crippen LogP contribution in [-0.4, -0.2) is 5.11 Å². The Morgan fingerprint density at radius 2 is 1.94 bits per heavy atom. The Hall–Kier alpha value is -0.640. The number of hydrogen-bond donors (Lipinski definition) is 1. The molecule has 0 aliphatic rings. The summed E-state index contributed by atoms with van der Waals surface area (Å²) in [4.78, 5) is 1.32. The van der Waals surface area contributed by atoms with Crippen LogP contribution in [0.4, 0.5) is 0 Å². The zero-order chi connectivity index (χ0) is 12.3. The quantitative estimate of drug-likeness (QED) is 0.890. The molecule has 3 heteroatoms. The van der Waals surface area contributed by atoms with Gasteiger partial charge in [0, 0.05) is 9.35 Å². The molecular formula is C14H15BrOS. The van der Waals surface area contributed by atoms with Crippen LogP contribution in [0.5, 0.6) is 0 Å². The topological polar surface area (TPSA) is 20.2 Å². The molecule has 0 bridgehead atoms. The third kappa shape index (κ3) is 3.41. The number of thiophene rings is 1. The molecule has 0 fully saturated rings. The van der Waals surface area contributed by atoms with E-state index in [0.717, 1.165) is 22.9 Å². The zero-order valence-electron chi connectivity index (χ0n) is 9.69. The largest absolute Gasteiger partial charge is 0.385 e. The van der Waals surface area contributed by atoms with Crippen molar-refractivity contribution in [3.63, 3.8) is 0 Å². The number of hydrogen-bond acceptors (Lipinski definition) is 2. The van der Waals surface area contributed by atoms with Crippen LogP contribution in [0.15, 0.2) is 46.3 Å². The second-order valence-corrected chi connectivity index (χ2v) is 6.31. The van der Waals surface area contributed by atoms with E-state index in [0.29, 0.717) is 0 Å². The Morgan fingerprint density at radius 3 is 2.53 bits per heavy atom. The summed E-state index contributed by atoms with van der Waals surface area (Å²) in [7, 11) is 0. The lowest BCUT2D eigenvalue weighted by atomic mass is 9.91. The molecule has 0 amide bonds. The van der Waals surface area contributed by atoms with Gasteiger partial charge in [-0.1, -0.05) is 34.1 Å². The van der Waals surface area contributed by atoms with Gasteiger partial charge >= 0.3 is 0 Å². The molecule has 1 unspecified atom stereocenters. The van der Waals surface area contributed by atoms with Gasteiger partial charge in [-0.2, -0.15) is 0 Å². The van der Waals surface area contributed by atoms with Gasteiger partial charge in [0.05, 0.1) is 5.60 Å². The summed E-state index contributed by atoms with van der Waals surface area (Å²) >= 11 is 5.15. The van der Waals surface area contributed by atoms with Crippen molar-refractivity contribution >= 4 is 27.3 Å². The summed E-state index contributed by atoms with van der Waals surface area (Å²) in [6.45, 7) is 1.88. The Morgan fingerprint density at radius 1 is 1.24 bits per heavy atom. The van der Waals surface area contributed by atoms with E-state index in [1.165, 1.54) is 4.88 Å². The number of halogens is 1. The first kappa shape index (κ1) is 12.8. The van der Waals surface area contributed by atoms with E-state index in [-0.39, 0.29) is 0 Å². The summed E-state index contributed by atoms with van der Waals surface area (Å²) in [5.41, 5.74) is 0.210. The fourth-order valence-corrected chi connectivity index (χ4v) is 2.75. The number of benzene rings is 1. The van der Waals surface area contributed by atoms with E-state index in [4.69, 9.17) is 0 Å². The highest BCUT2D eigenvalue weighted by molar-refractivity contribution is 9.10. The Bertz CT molecular complexity index is 459. The molecule has 0 saturated heterocycles. The van der Waals surface area contributed by atoms with Crippen LogP contribution in [0.3, 0.4) is 0 Å². The van der Waals surface area contributed by atoms with Crippen LogP contribution in [0, 0.1) is 0 Å². The Labute approximate surface area is 114 Å². The second kappa shape index (κ2) is 5.34. The van der Waals surface area contributed by atoms with Gasteiger partial charge < -0.3 is 5.11 Å². The minimum Gasteiger partial charge on any atom is -0.385 e. The van der Waals surface area contributed by atoms with Crippen molar-refractivity contribution < 1.29 is 5.11 Å². The molecule has 0 radical (unpaired) electrons. The van der Waals surface area contributed by atoms with Gasteiger partial charge in [0.1, 0.15) is 0 Å². The highest BCUT2D eigenvalue weighted by Gasteiger charge is 2.22. The summed E-state index contributed by atoms with van der Waals surface area (Å²) in [5, 5.41) is 12.5. The molecule has 1 heterocycles. The van der Waals surface area contributed by atoms with Crippen molar-refractivity contribution in [2.75, 3.05) is 0 Å². The summed E-state index contributed by atoms with van der Waals surface area (Å²) in [6, 6.07) is 12.0. The third-order valence-electron chi connectivity index (χ3n) is 2.90. The molecule has 90 valence electrons. The lowest BCUT2D eigenvalue weighted by molar-refractivity contribution is 0.0483. The first-order chi connectivity index (χ1) is 8.08. The lowest BCUT2D eigenvalue weighted by Gasteiger charge is -2.23. The van der Waals surface area contributed by atoms with E-state index in [9.17, 15) is 5.11 Å². The monoisotopic (exact) mass is 310 g/mol. The highest BCUT2D eigenvalue weighted by atomic mass is 79.9. The molecular weight excluding hydrogens is 296 g/mol. The lowest BCUT2D eigenvalue weighted by Crippen LogP contribution is -2.21.